The molecule has 88 valence electrons. The molecular formula is C13H15N3O. The summed E-state index contributed by atoms with van der Waals surface area (Å²) in [5.41, 5.74) is 2.19. The molecule has 1 unspecified atom stereocenters. The molecule has 1 N–H and O–H groups in total. The lowest BCUT2D eigenvalue weighted by molar-refractivity contribution is 0.417. The second kappa shape index (κ2) is 4.30. The van der Waals surface area contributed by atoms with Crippen molar-refractivity contribution in [2.75, 3.05) is 13.1 Å². The van der Waals surface area contributed by atoms with E-state index in [2.05, 4.69) is 34.5 Å². The van der Waals surface area contributed by atoms with Crippen LogP contribution in [0.4, 0.5) is 0 Å². The molecule has 2 aromatic rings. The largest absolute Gasteiger partial charge is 0.334 e. The summed E-state index contributed by atoms with van der Waals surface area (Å²) in [6.07, 6.45) is 1.09. The first-order valence-electron chi connectivity index (χ1n) is 5.94. The number of nitrogens with one attached hydrogen (secondary N) is 1. The third-order valence-electron chi connectivity index (χ3n) is 3.13. The third kappa shape index (κ3) is 2.08. The highest BCUT2D eigenvalue weighted by Crippen LogP contribution is 2.23. The average Bonchev–Trinajstić information content (AvgIpc) is 3.00. The summed E-state index contributed by atoms with van der Waals surface area (Å²) in [4.78, 5) is 4.49. The number of aryl methyl sites for hydroxylation is 1. The molecule has 1 atom stereocenters. The summed E-state index contributed by atoms with van der Waals surface area (Å²) in [7, 11) is 0. The van der Waals surface area contributed by atoms with E-state index in [1.165, 1.54) is 5.56 Å². The lowest BCUT2D eigenvalue weighted by atomic mass is 10.1. The van der Waals surface area contributed by atoms with Crippen LogP contribution in [0.3, 0.4) is 0 Å². The van der Waals surface area contributed by atoms with Gasteiger partial charge >= 0.3 is 0 Å². The fourth-order valence-corrected chi connectivity index (χ4v) is 2.17. The molecule has 0 spiro atoms. The zero-order chi connectivity index (χ0) is 11.7. The molecule has 1 aliphatic heterocycles. The Morgan fingerprint density at radius 2 is 2.35 bits per heavy atom. The molecule has 4 nitrogen and oxygen atoms in total. The molecule has 2 heterocycles. The number of hydrogen-bond donors (Lipinski definition) is 1. The number of hydrogen-bond acceptors (Lipinski definition) is 4. The van der Waals surface area contributed by atoms with Gasteiger partial charge in [0.2, 0.25) is 0 Å². The van der Waals surface area contributed by atoms with Gasteiger partial charge in [-0.2, -0.15) is 4.98 Å². The molecule has 1 fully saturated rings. The Kier molecular flexibility index (Phi) is 2.65. The van der Waals surface area contributed by atoms with Gasteiger partial charge in [0.25, 0.3) is 5.89 Å². The predicted octanol–water partition coefficient (Wildman–Crippen LogP) is 2.12. The second-order valence-corrected chi connectivity index (χ2v) is 4.52. The van der Waals surface area contributed by atoms with Crippen LogP contribution in [0, 0.1) is 6.92 Å². The van der Waals surface area contributed by atoms with Crippen LogP contribution >= 0.6 is 0 Å². The van der Waals surface area contributed by atoms with Crippen molar-refractivity contribution in [3.63, 3.8) is 0 Å². The summed E-state index contributed by atoms with van der Waals surface area (Å²) in [5, 5.41) is 7.39. The zero-order valence-electron chi connectivity index (χ0n) is 9.81. The minimum absolute atomic E-state index is 0.400. The Morgan fingerprint density at radius 1 is 1.41 bits per heavy atom. The van der Waals surface area contributed by atoms with Crippen molar-refractivity contribution in [2.24, 2.45) is 0 Å². The molecule has 0 amide bonds. The molecule has 1 aromatic heterocycles. The van der Waals surface area contributed by atoms with E-state index in [9.17, 15) is 0 Å². The number of aromatic nitrogens is 2. The smallest absolute Gasteiger partial charge is 0.257 e. The minimum atomic E-state index is 0.400. The molecule has 3 rings (SSSR count). The Balaban J connectivity index is 1.89. The first kappa shape index (κ1) is 10.5. The van der Waals surface area contributed by atoms with Gasteiger partial charge in [-0.3, -0.25) is 0 Å². The van der Waals surface area contributed by atoms with Crippen LogP contribution in [0.25, 0.3) is 11.5 Å². The van der Waals surface area contributed by atoms with Gasteiger partial charge in [0.15, 0.2) is 5.82 Å². The van der Waals surface area contributed by atoms with Crippen molar-refractivity contribution < 1.29 is 4.52 Å². The first-order chi connectivity index (χ1) is 8.33. The maximum Gasteiger partial charge on any atom is 0.257 e. The van der Waals surface area contributed by atoms with E-state index in [1.807, 2.05) is 12.1 Å². The monoisotopic (exact) mass is 229 g/mol. The molecule has 4 heteroatoms. The van der Waals surface area contributed by atoms with Crippen LogP contribution in [0.5, 0.6) is 0 Å². The molecule has 17 heavy (non-hydrogen) atoms. The van der Waals surface area contributed by atoms with Crippen LogP contribution in [-0.4, -0.2) is 23.2 Å². The summed E-state index contributed by atoms with van der Waals surface area (Å²) in [6.45, 7) is 4.05. The first-order valence-corrected chi connectivity index (χ1v) is 5.94. The summed E-state index contributed by atoms with van der Waals surface area (Å²) < 4.78 is 5.33. The molecule has 1 aliphatic rings. The van der Waals surface area contributed by atoms with E-state index in [-0.39, 0.29) is 0 Å². The molecule has 0 aliphatic carbocycles. The summed E-state index contributed by atoms with van der Waals surface area (Å²) in [6, 6.07) is 8.12. The Bertz CT molecular complexity index is 515. The van der Waals surface area contributed by atoms with Crippen LogP contribution < -0.4 is 5.32 Å². The number of nitrogens with zero attached hydrogens (tertiary/aromatic N) is 2. The van der Waals surface area contributed by atoms with Gasteiger partial charge in [-0.25, -0.2) is 0 Å². The van der Waals surface area contributed by atoms with Gasteiger partial charge in [0.1, 0.15) is 0 Å². The van der Waals surface area contributed by atoms with E-state index in [0.717, 1.165) is 30.9 Å². The van der Waals surface area contributed by atoms with Crippen molar-refractivity contribution in [3.8, 4) is 11.5 Å². The van der Waals surface area contributed by atoms with E-state index < -0.39 is 0 Å². The Hall–Kier alpha value is -1.68. The summed E-state index contributed by atoms with van der Waals surface area (Å²) in [5.74, 6) is 1.85. The second-order valence-electron chi connectivity index (χ2n) is 4.52. The molecule has 1 aromatic carbocycles. The van der Waals surface area contributed by atoms with Crippen molar-refractivity contribution >= 4 is 0 Å². The Morgan fingerprint density at radius 3 is 3.12 bits per heavy atom. The highest BCUT2D eigenvalue weighted by atomic mass is 16.5. The minimum Gasteiger partial charge on any atom is -0.334 e. The number of benzene rings is 1. The van der Waals surface area contributed by atoms with Crippen molar-refractivity contribution in [2.45, 2.75) is 19.3 Å². The van der Waals surface area contributed by atoms with Gasteiger partial charge in [0, 0.05) is 18.0 Å². The van der Waals surface area contributed by atoms with Gasteiger partial charge in [-0.05, 0) is 32.0 Å². The van der Waals surface area contributed by atoms with Crippen LogP contribution in [-0.2, 0) is 0 Å². The highest BCUT2D eigenvalue weighted by Gasteiger charge is 2.22. The lowest BCUT2D eigenvalue weighted by Gasteiger charge is -1.99. The fraction of sp³-hybridized carbons (Fsp3) is 0.385. The molecular weight excluding hydrogens is 214 g/mol. The zero-order valence-corrected chi connectivity index (χ0v) is 9.81. The number of rotatable bonds is 2. The maximum absolute atomic E-state index is 5.33. The summed E-state index contributed by atoms with van der Waals surface area (Å²) >= 11 is 0. The molecule has 0 radical (unpaired) electrons. The maximum atomic E-state index is 5.33. The molecule has 0 bridgehead atoms. The van der Waals surface area contributed by atoms with Crippen molar-refractivity contribution in [3.05, 3.63) is 35.7 Å². The van der Waals surface area contributed by atoms with Gasteiger partial charge in [0.05, 0.1) is 0 Å². The Labute approximate surface area is 100 Å². The molecule has 1 saturated heterocycles. The topological polar surface area (TPSA) is 51.0 Å². The van der Waals surface area contributed by atoms with E-state index in [0.29, 0.717) is 11.8 Å². The van der Waals surface area contributed by atoms with Crippen molar-refractivity contribution in [1.29, 1.82) is 0 Å². The van der Waals surface area contributed by atoms with Crippen LogP contribution in [0.2, 0.25) is 0 Å². The van der Waals surface area contributed by atoms with Crippen LogP contribution in [0.1, 0.15) is 23.7 Å². The third-order valence-corrected chi connectivity index (χ3v) is 3.13. The van der Waals surface area contributed by atoms with Gasteiger partial charge in [-0.15, -0.1) is 0 Å². The SMILES string of the molecule is Cc1cccc(-c2nc(C3CCNC3)no2)c1. The van der Waals surface area contributed by atoms with Crippen molar-refractivity contribution in [1.82, 2.24) is 15.5 Å². The lowest BCUT2D eigenvalue weighted by Crippen LogP contribution is -2.08. The van der Waals surface area contributed by atoms with Gasteiger partial charge in [-0.1, -0.05) is 22.9 Å². The standard InChI is InChI=1S/C13H15N3O/c1-9-3-2-4-10(7-9)13-15-12(16-17-13)11-5-6-14-8-11/h2-4,7,11,14H,5-6,8H2,1H3. The average molecular weight is 229 g/mol. The van der Waals surface area contributed by atoms with E-state index in [1.54, 1.807) is 0 Å². The van der Waals surface area contributed by atoms with Crippen LogP contribution in [0.15, 0.2) is 28.8 Å². The normalized spacial score (nSPS) is 19.7. The predicted molar refractivity (Wildman–Crippen MR) is 64.7 cm³/mol. The van der Waals surface area contributed by atoms with Gasteiger partial charge < -0.3 is 9.84 Å². The van der Waals surface area contributed by atoms with E-state index >= 15 is 0 Å². The molecule has 0 saturated carbocycles. The quantitative estimate of drug-likeness (QED) is 0.857. The highest BCUT2D eigenvalue weighted by molar-refractivity contribution is 5.53. The van der Waals surface area contributed by atoms with E-state index in [4.69, 9.17) is 4.52 Å². The fourth-order valence-electron chi connectivity index (χ4n) is 2.17.